The van der Waals surface area contributed by atoms with Crippen LogP contribution in [0.5, 0.6) is 0 Å². The van der Waals surface area contributed by atoms with Crippen LogP contribution in [0, 0.1) is 0 Å². The Kier molecular flexibility index (Phi) is 6.60. The number of hydrogen-bond donors (Lipinski definition) is 1. The fourth-order valence-corrected chi connectivity index (χ4v) is 3.67. The number of carbonyl (C=O) groups is 2. The van der Waals surface area contributed by atoms with Gasteiger partial charge in [-0.2, -0.15) is 0 Å². The van der Waals surface area contributed by atoms with Crippen molar-refractivity contribution in [1.82, 2.24) is 9.21 Å². The summed E-state index contributed by atoms with van der Waals surface area (Å²) >= 11 is 0. The van der Waals surface area contributed by atoms with E-state index in [1.807, 2.05) is 6.92 Å². The molecule has 0 saturated carbocycles. The average Bonchev–Trinajstić information content (AvgIpc) is 2.45. The molecule has 0 aromatic heterocycles. The van der Waals surface area contributed by atoms with Gasteiger partial charge in [-0.25, -0.2) is 12.7 Å². The minimum atomic E-state index is -3.21. The van der Waals surface area contributed by atoms with Crippen LogP contribution in [0.3, 0.4) is 0 Å². The number of sulfonamides is 1. The van der Waals surface area contributed by atoms with Crippen molar-refractivity contribution in [3.05, 3.63) is 0 Å². The SMILES string of the molecule is CCCC(=O)N(CC(=O)O)C1CCN(S(=O)(=O)CC)CC1. The molecular formula is C13H24N2O5S. The molecule has 8 heteroatoms. The normalized spacial score (nSPS) is 17.6. The first kappa shape index (κ1) is 17.9. The molecule has 1 aliphatic heterocycles. The Hall–Kier alpha value is -1.15. The topological polar surface area (TPSA) is 95.0 Å². The van der Waals surface area contributed by atoms with E-state index in [-0.39, 0.29) is 24.2 Å². The van der Waals surface area contributed by atoms with Gasteiger partial charge in [0.1, 0.15) is 6.54 Å². The van der Waals surface area contributed by atoms with Gasteiger partial charge in [-0.15, -0.1) is 0 Å². The zero-order valence-corrected chi connectivity index (χ0v) is 13.4. The maximum atomic E-state index is 12.0. The monoisotopic (exact) mass is 320 g/mol. The first-order valence-electron chi connectivity index (χ1n) is 7.30. The lowest BCUT2D eigenvalue weighted by Crippen LogP contribution is -2.50. The van der Waals surface area contributed by atoms with E-state index < -0.39 is 16.0 Å². The molecule has 0 atom stereocenters. The number of aliphatic carboxylic acids is 1. The third kappa shape index (κ3) is 4.96. The summed E-state index contributed by atoms with van der Waals surface area (Å²) < 4.78 is 25.0. The van der Waals surface area contributed by atoms with Crippen LogP contribution in [-0.2, 0) is 19.6 Å². The van der Waals surface area contributed by atoms with Gasteiger partial charge in [-0.3, -0.25) is 9.59 Å². The molecule has 1 aliphatic rings. The van der Waals surface area contributed by atoms with Crippen LogP contribution in [-0.4, -0.2) is 66.0 Å². The minimum absolute atomic E-state index is 0.0608. The van der Waals surface area contributed by atoms with E-state index in [2.05, 4.69) is 0 Å². The average molecular weight is 320 g/mol. The maximum absolute atomic E-state index is 12.0. The van der Waals surface area contributed by atoms with Crippen LogP contribution in [0.4, 0.5) is 0 Å². The zero-order valence-electron chi connectivity index (χ0n) is 12.6. The molecule has 0 spiro atoms. The van der Waals surface area contributed by atoms with E-state index in [0.29, 0.717) is 38.8 Å². The standard InChI is InChI=1S/C13H24N2O5S/c1-3-5-12(16)15(10-13(17)18)11-6-8-14(9-7-11)21(19,20)4-2/h11H,3-10H2,1-2H3,(H,17,18). The largest absolute Gasteiger partial charge is 0.480 e. The predicted molar refractivity (Wildman–Crippen MR) is 78.3 cm³/mol. The molecule has 0 aliphatic carbocycles. The van der Waals surface area contributed by atoms with Gasteiger partial charge in [0.15, 0.2) is 0 Å². The summed E-state index contributed by atoms with van der Waals surface area (Å²) in [6, 6.07) is -0.191. The van der Waals surface area contributed by atoms with E-state index in [0.717, 1.165) is 0 Å². The highest BCUT2D eigenvalue weighted by atomic mass is 32.2. The van der Waals surface area contributed by atoms with Gasteiger partial charge >= 0.3 is 5.97 Å². The Bertz CT molecular complexity index is 469. The highest BCUT2D eigenvalue weighted by Crippen LogP contribution is 2.20. The lowest BCUT2D eigenvalue weighted by atomic mass is 10.0. The molecule has 0 aromatic carbocycles. The minimum Gasteiger partial charge on any atom is -0.480 e. The van der Waals surface area contributed by atoms with Crippen LogP contribution in [0.1, 0.15) is 39.5 Å². The number of amides is 1. The van der Waals surface area contributed by atoms with E-state index in [9.17, 15) is 18.0 Å². The number of nitrogens with zero attached hydrogens (tertiary/aromatic N) is 2. The van der Waals surface area contributed by atoms with Crippen molar-refractivity contribution in [2.45, 2.75) is 45.6 Å². The van der Waals surface area contributed by atoms with Crippen molar-refractivity contribution in [2.75, 3.05) is 25.4 Å². The Morgan fingerprint density at radius 3 is 2.24 bits per heavy atom. The van der Waals surface area contributed by atoms with Gasteiger partial charge < -0.3 is 10.0 Å². The Morgan fingerprint density at radius 1 is 1.24 bits per heavy atom. The summed E-state index contributed by atoms with van der Waals surface area (Å²) in [4.78, 5) is 24.4. The number of carbonyl (C=O) groups excluding carboxylic acids is 1. The van der Waals surface area contributed by atoms with E-state index in [1.165, 1.54) is 9.21 Å². The third-order valence-electron chi connectivity index (χ3n) is 3.71. The maximum Gasteiger partial charge on any atom is 0.323 e. The molecule has 1 amide bonds. The Balaban J connectivity index is 2.71. The van der Waals surface area contributed by atoms with Crippen molar-refractivity contribution in [2.24, 2.45) is 0 Å². The molecule has 21 heavy (non-hydrogen) atoms. The summed E-state index contributed by atoms with van der Waals surface area (Å²) in [7, 11) is -3.21. The highest BCUT2D eigenvalue weighted by molar-refractivity contribution is 7.89. The fourth-order valence-electron chi connectivity index (χ4n) is 2.54. The van der Waals surface area contributed by atoms with Crippen LogP contribution >= 0.6 is 0 Å². The van der Waals surface area contributed by atoms with Gasteiger partial charge in [0.05, 0.1) is 5.75 Å². The number of piperidine rings is 1. The molecule has 0 radical (unpaired) electrons. The number of hydrogen-bond acceptors (Lipinski definition) is 4. The first-order chi connectivity index (χ1) is 9.81. The first-order valence-corrected chi connectivity index (χ1v) is 8.91. The Morgan fingerprint density at radius 2 is 1.81 bits per heavy atom. The smallest absolute Gasteiger partial charge is 0.323 e. The summed E-state index contributed by atoms with van der Waals surface area (Å²) in [6.07, 6.45) is 1.96. The van der Waals surface area contributed by atoms with Crippen LogP contribution < -0.4 is 0 Å². The van der Waals surface area contributed by atoms with E-state index >= 15 is 0 Å². The second-order valence-electron chi connectivity index (χ2n) is 5.20. The predicted octanol–water partition coefficient (Wildman–Crippen LogP) is 0.514. The highest BCUT2D eigenvalue weighted by Gasteiger charge is 2.32. The number of carboxylic acid groups (broad SMARTS) is 1. The third-order valence-corrected chi connectivity index (χ3v) is 5.59. The molecule has 122 valence electrons. The number of rotatable bonds is 7. The van der Waals surface area contributed by atoms with Crippen molar-refractivity contribution < 1.29 is 23.1 Å². The molecular weight excluding hydrogens is 296 g/mol. The van der Waals surface area contributed by atoms with Crippen molar-refractivity contribution in [3.63, 3.8) is 0 Å². The van der Waals surface area contributed by atoms with Crippen molar-refractivity contribution >= 4 is 21.9 Å². The van der Waals surface area contributed by atoms with Gasteiger partial charge in [0.25, 0.3) is 0 Å². The van der Waals surface area contributed by atoms with Crippen LogP contribution in [0.2, 0.25) is 0 Å². The van der Waals surface area contributed by atoms with Gasteiger partial charge in [0.2, 0.25) is 15.9 Å². The summed E-state index contributed by atoms with van der Waals surface area (Å²) in [5, 5.41) is 8.95. The van der Waals surface area contributed by atoms with Gasteiger partial charge in [0, 0.05) is 25.6 Å². The molecule has 0 unspecified atom stereocenters. The molecule has 1 N–H and O–H groups in total. The summed E-state index contributed by atoms with van der Waals surface area (Å²) in [5.74, 6) is -1.15. The fraction of sp³-hybridized carbons (Fsp3) is 0.846. The van der Waals surface area contributed by atoms with Crippen LogP contribution in [0.15, 0.2) is 0 Å². The van der Waals surface area contributed by atoms with E-state index in [1.54, 1.807) is 6.92 Å². The second kappa shape index (κ2) is 7.74. The summed E-state index contributed by atoms with van der Waals surface area (Å²) in [6.45, 7) is 3.84. The van der Waals surface area contributed by atoms with Gasteiger partial charge in [-0.1, -0.05) is 6.92 Å². The Labute approximate surface area is 126 Å². The lowest BCUT2D eigenvalue weighted by molar-refractivity contribution is -0.146. The molecule has 1 heterocycles. The molecule has 1 fully saturated rings. The van der Waals surface area contributed by atoms with Crippen molar-refractivity contribution in [1.29, 1.82) is 0 Å². The molecule has 1 rings (SSSR count). The number of carboxylic acids is 1. The van der Waals surface area contributed by atoms with E-state index in [4.69, 9.17) is 5.11 Å². The molecule has 7 nitrogen and oxygen atoms in total. The van der Waals surface area contributed by atoms with Crippen LogP contribution in [0.25, 0.3) is 0 Å². The molecule has 1 saturated heterocycles. The van der Waals surface area contributed by atoms with Gasteiger partial charge in [-0.05, 0) is 26.2 Å². The summed E-state index contributed by atoms with van der Waals surface area (Å²) in [5.41, 5.74) is 0. The molecule has 0 aromatic rings. The second-order valence-corrected chi connectivity index (χ2v) is 7.45. The zero-order chi connectivity index (χ0) is 16.0. The molecule has 0 bridgehead atoms. The lowest BCUT2D eigenvalue weighted by Gasteiger charge is -2.37. The van der Waals surface area contributed by atoms with Crippen molar-refractivity contribution in [3.8, 4) is 0 Å². The quantitative estimate of drug-likeness (QED) is 0.737.